The second-order valence-corrected chi connectivity index (χ2v) is 9.75. The standard InChI is InChI=1S/C24H23ClN2O5S/c1-16-13-18(27-8-11-33(30)12-9-27)5-6-20(16)26-23(28)15-32-21-7-4-17(25)14-19(21)24(29)22-3-2-10-31-22/h2-7,10,13-14H,8-9,11-12,15H2,1H3,(H,26,28). The second-order valence-electron chi connectivity index (χ2n) is 7.62. The number of furan rings is 1. The second kappa shape index (κ2) is 10.2. The zero-order valence-corrected chi connectivity index (χ0v) is 19.6. The van der Waals surface area contributed by atoms with Crippen LogP contribution in [0.25, 0.3) is 0 Å². The van der Waals surface area contributed by atoms with Gasteiger partial charge >= 0.3 is 0 Å². The van der Waals surface area contributed by atoms with E-state index in [9.17, 15) is 13.8 Å². The minimum atomic E-state index is -0.732. The number of nitrogens with zero attached hydrogens (tertiary/aromatic N) is 1. The van der Waals surface area contributed by atoms with E-state index in [1.165, 1.54) is 12.3 Å². The van der Waals surface area contributed by atoms with Crippen molar-refractivity contribution in [1.82, 2.24) is 0 Å². The lowest BCUT2D eigenvalue weighted by atomic mass is 10.1. The fourth-order valence-electron chi connectivity index (χ4n) is 3.56. The molecule has 1 aliphatic rings. The lowest BCUT2D eigenvalue weighted by Gasteiger charge is -2.29. The number of carbonyl (C=O) groups is 2. The number of nitrogens with one attached hydrogen (secondary N) is 1. The lowest BCUT2D eigenvalue weighted by Crippen LogP contribution is -2.37. The maximum Gasteiger partial charge on any atom is 0.262 e. The van der Waals surface area contributed by atoms with E-state index in [0.29, 0.717) is 22.2 Å². The van der Waals surface area contributed by atoms with Crippen molar-refractivity contribution in [2.24, 2.45) is 0 Å². The maximum absolute atomic E-state index is 12.7. The first-order chi connectivity index (χ1) is 15.9. The van der Waals surface area contributed by atoms with Crippen molar-refractivity contribution >= 4 is 45.5 Å². The van der Waals surface area contributed by atoms with Gasteiger partial charge in [-0.3, -0.25) is 13.8 Å². The van der Waals surface area contributed by atoms with Gasteiger partial charge in [0.15, 0.2) is 12.4 Å². The van der Waals surface area contributed by atoms with Gasteiger partial charge in [-0.05, 0) is 61.0 Å². The molecule has 0 atom stereocenters. The zero-order valence-electron chi connectivity index (χ0n) is 18.0. The minimum absolute atomic E-state index is 0.155. The number of halogens is 1. The molecule has 1 aliphatic heterocycles. The summed E-state index contributed by atoms with van der Waals surface area (Å²) < 4.78 is 22.4. The molecule has 33 heavy (non-hydrogen) atoms. The van der Waals surface area contributed by atoms with Gasteiger partial charge in [0.25, 0.3) is 5.91 Å². The van der Waals surface area contributed by atoms with Gasteiger partial charge in [0.2, 0.25) is 5.78 Å². The van der Waals surface area contributed by atoms with E-state index < -0.39 is 10.8 Å². The molecule has 0 aliphatic carbocycles. The summed E-state index contributed by atoms with van der Waals surface area (Å²) in [5.74, 6) is 0.998. The van der Waals surface area contributed by atoms with Crippen molar-refractivity contribution in [3.63, 3.8) is 0 Å². The summed E-state index contributed by atoms with van der Waals surface area (Å²) in [6, 6.07) is 13.6. The van der Waals surface area contributed by atoms with Crippen LogP contribution in [0.1, 0.15) is 21.7 Å². The van der Waals surface area contributed by atoms with E-state index >= 15 is 0 Å². The van der Waals surface area contributed by atoms with E-state index in [-0.39, 0.29) is 35.4 Å². The van der Waals surface area contributed by atoms with E-state index in [0.717, 1.165) is 24.3 Å². The van der Waals surface area contributed by atoms with Crippen LogP contribution >= 0.6 is 11.6 Å². The van der Waals surface area contributed by atoms with Crippen LogP contribution in [0.4, 0.5) is 11.4 Å². The predicted molar refractivity (Wildman–Crippen MR) is 129 cm³/mol. The van der Waals surface area contributed by atoms with Crippen molar-refractivity contribution < 1.29 is 23.0 Å². The van der Waals surface area contributed by atoms with Crippen molar-refractivity contribution in [2.45, 2.75) is 6.92 Å². The molecule has 172 valence electrons. The van der Waals surface area contributed by atoms with Crippen LogP contribution in [-0.2, 0) is 15.6 Å². The maximum atomic E-state index is 12.7. The Bertz CT molecular complexity index is 1190. The number of anilines is 2. The molecule has 0 radical (unpaired) electrons. The largest absolute Gasteiger partial charge is 0.483 e. The van der Waals surface area contributed by atoms with Crippen LogP contribution in [0, 0.1) is 6.92 Å². The molecule has 0 unspecified atom stereocenters. The third-order valence-corrected chi connectivity index (χ3v) is 6.83. The van der Waals surface area contributed by atoms with Gasteiger partial charge in [-0.1, -0.05) is 11.6 Å². The highest BCUT2D eigenvalue weighted by molar-refractivity contribution is 7.85. The van der Waals surface area contributed by atoms with Crippen LogP contribution in [0.5, 0.6) is 5.75 Å². The first kappa shape index (κ1) is 23.1. The van der Waals surface area contributed by atoms with Gasteiger partial charge in [0.1, 0.15) is 5.75 Å². The Morgan fingerprint density at radius 3 is 2.64 bits per heavy atom. The van der Waals surface area contributed by atoms with E-state index in [4.69, 9.17) is 20.8 Å². The van der Waals surface area contributed by atoms with Gasteiger partial charge in [0.05, 0.1) is 11.8 Å². The van der Waals surface area contributed by atoms with Crippen molar-refractivity contribution in [3.8, 4) is 5.75 Å². The number of rotatable bonds is 7. The summed E-state index contributed by atoms with van der Waals surface area (Å²) >= 11 is 6.05. The fourth-order valence-corrected chi connectivity index (χ4v) is 4.78. The molecular weight excluding hydrogens is 464 g/mol. The first-order valence-electron chi connectivity index (χ1n) is 10.4. The highest BCUT2D eigenvalue weighted by Crippen LogP contribution is 2.27. The molecule has 1 saturated heterocycles. The molecule has 1 aromatic heterocycles. The Hall–Kier alpha value is -3.10. The summed E-state index contributed by atoms with van der Waals surface area (Å²) in [5.41, 5.74) is 2.84. The van der Waals surface area contributed by atoms with Gasteiger partial charge in [-0.2, -0.15) is 0 Å². The molecule has 9 heteroatoms. The normalized spacial score (nSPS) is 14.2. The van der Waals surface area contributed by atoms with E-state index in [1.54, 1.807) is 24.3 Å². The van der Waals surface area contributed by atoms with Gasteiger partial charge in [0, 0.05) is 51.8 Å². The van der Waals surface area contributed by atoms with Crippen LogP contribution in [0.2, 0.25) is 5.02 Å². The molecule has 2 heterocycles. The number of aryl methyl sites for hydroxylation is 1. The number of benzene rings is 2. The fraction of sp³-hybridized carbons (Fsp3) is 0.250. The van der Waals surface area contributed by atoms with Crippen LogP contribution in [0.3, 0.4) is 0 Å². The van der Waals surface area contributed by atoms with Crippen LogP contribution in [0.15, 0.2) is 59.2 Å². The smallest absolute Gasteiger partial charge is 0.262 e. The highest BCUT2D eigenvalue weighted by atomic mass is 35.5. The van der Waals surface area contributed by atoms with Gasteiger partial charge in [-0.15, -0.1) is 0 Å². The minimum Gasteiger partial charge on any atom is -0.483 e. The number of hydrogen-bond donors (Lipinski definition) is 1. The molecule has 1 N–H and O–H groups in total. The van der Waals surface area contributed by atoms with Gasteiger partial charge < -0.3 is 19.4 Å². The molecule has 2 aromatic carbocycles. The summed E-state index contributed by atoms with van der Waals surface area (Å²) in [7, 11) is -0.732. The van der Waals surface area contributed by atoms with Crippen LogP contribution in [-0.4, -0.2) is 47.1 Å². The molecule has 4 rings (SSSR count). The summed E-state index contributed by atoms with van der Waals surface area (Å²) in [6.07, 6.45) is 1.41. The Kier molecular flexibility index (Phi) is 7.15. The predicted octanol–water partition coefficient (Wildman–Crippen LogP) is 4.06. The number of ketones is 1. The van der Waals surface area contributed by atoms with Crippen molar-refractivity contribution in [3.05, 3.63) is 76.7 Å². The molecule has 0 bridgehead atoms. The van der Waals surface area contributed by atoms with Crippen LogP contribution < -0.4 is 15.0 Å². The topological polar surface area (TPSA) is 88.9 Å². The summed E-state index contributed by atoms with van der Waals surface area (Å²) in [4.78, 5) is 27.4. The van der Waals surface area contributed by atoms with Crippen molar-refractivity contribution in [2.75, 3.05) is 41.4 Å². The molecular formula is C24H23ClN2O5S. The van der Waals surface area contributed by atoms with E-state index in [2.05, 4.69) is 10.2 Å². The quantitative estimate of drug-likeness (QED) is 0.507. The third-order valence-electron chi connectivity index (χ3n) is 5.32. The summed E-state index contributed by atoms with van der Waals surface area (Å²) in [6.45, 7) is 3.15. The number of carbonyl (C=O) groups excluding carboxylic acids is 2. The van der Waals surface area contributed by atoms with Gasteiger partial charge in [-0.25, -0.2) is 0 Å². The molecule has 1 fully saturated rings. The molecule has 7 nitrogen and oxygen atoms in total. The molecule has 1 amide bonds. The average Bonchev–Trinajstić information content (AvgIpc) is 3.34. The number of hydrogen-bond acceptors (Lipinski definition) is 6. The SMILES string of the molecule is Cc1cc(N2CCS(=O)CC2)ccc1NC(=O)COc1ccc(Cl)cc1C(=O)c1ccco1. The molecule has 3 aromatic rings. The Balaban J connectivity index is 1.40. The third kappa shape index (κ3) is 5.64. The first-order valence-corrected chi connectivity index (χ1v) is 12.3. The van der Waals surface area contributed by atoms with Crippen molar-refractivity contribution in [1.29, 1.82) is 0 Å². The average molecular weight is 487 g/mol. The molecule has 0 spiro atoms. The Morgan fingerprint density at radius 1 is 1.15 bits per heavy atom. The highest BCUT2D eigenvalue weighted by Gasteiger charge is 2.19. The van der Waals surface area contributed by atoms with E-state index in [1.807, 2.05) is 25.1 Å². The Labute approximate surface area is 199 Å². The number of amides is 1. The Morgan fingerprint density at radius 2 is 1.94 bits per heavy atom. The molecule has 0 saturated carbocycles. The lowest BCUT2D eigenvalue weighted by molar-refractivity contribution is -0.118. The number of ether oxygens (including phenoxy) is 1. The summed E-state index contributed by atoms with van der Waals surface area (Å²) in [5, 5.41) is 3.22. The zero-order chi connectivity index (χ0) is 23.4. The monoisotopic (exact) mass is 486 g/mol.